The molecular formula is C20H23ClN6O5S. The normalized spacial score (nSPS) is 15.3. The number of aryl methyl sites for hydroxylation is 1. The molecule has 4 heterocycles. The lowest BCUT2D eigenvalue weighted by Gasteiger charge is -2.19. The Morgan fingerprint density at radius 2 is 2.03 bits per heavy atom. The maximum atomic E-state index is 12.9. The number of hydrogen-bond donors (Lipinski definition) is 0. The first-order valence-corrected chi connectivity index (χ1v) is 12.5. The van der Waals surface area contributed by atoms with Gasteiger partial charge in [0.25, 0.3) is 5.88 Å². The molecule has 3 aromatic rings. The zero-order valence-electron chi connectivity index (χ0n) is 18.1. The first-order valence-electron chi connectivity index (χ1n) is 10.3. The van der Waals surface area contributed by atoms with Gasteiger partial charge in [0.15, 0.2) is 21.4 Å². The van der Waals surface area contributed by atoms with E-state index in [0.29, 0.717) is 52.9 Å². The van der Waals surface area contributed by atoms with E-state index < -0.39 is 9.84 Å². The predicted octanol–water partition coefficient (Wildman–Crippen LogP) is 1.92. The Bertz CT molecular complexity index is 1220. The molecule has 1 atom stereocenters. The summed E-state index contributed by atoms with van der Waals surface area (Å²) in [5, 5.41) is 8.90. The Morgan fingerprint density at radius 1 is 1.24 bits per heavy atom. The highest BCUT2D eigenvalue weighted by Gasteiger charge is 2.31. The molecule has 0 radical (unpaired) electrons. The smallest absolute Gasteiger partial charge is 0.257 e. The van der Waals surface area contributed by atoms with Gasteiger partial charge in [-0.2, -0.15) is 0 Å². The molecule has 176 valence electrons. The van der Waals surface area contributed by atoms with Gasteiger partial charge in [0.05, 0.1) is 36.1 Å². The number of aromatic nitrogens is 6. The van der Waals surface area contributed by atoms with Gasteiger partial charge < -0.3 is 18.8 Å². The number of rotatable bonds is 9. The fourth-order valence-corrected chi connectivity index (χ4v) is 4.82. The van der Waals surface area contributed by atoms with Crippen LogP contribution in [-0.2, 0) is 26.7 Å². The molecular weight excluding hydrogens is 472 g/mol. The van der Waals surface area contributed by atoms with Crippen LogP contribution in [0.25, 0.3) is 11.4 Å². The first kappa shape index (κ1) is 23.3. The number of pyridine rings is 1. The van der Waals surface area contributed by atoms with Crippen LogP contribution in [0, 0.1) is 0 Å². The second-order valence-corrected chi connectivity index (χ2v) is 9.91. The Balaban J connectivity index is 1.64. The third-order valence-corrected chi connectivity index (χ3v) is 6.75. The molecule has 0 aromatic carbocycles. The van der Waals surface area contributed by atoms with Gasteiger partial charge in [-0.05, 0) is 13.0 Å². The first-order chi connectivity index (χ1) is 15.9. The summed E-state index contributed by atoms with van der Waals surface area (Å²) < 4.78 is 44.6. The van der Waals surface area contributed by atoms with Crippen LogP contribution >= 0.6 is 11.6 Å². The standard InChI is InChI=1S/C20H23ClN6O5S/c1-3-31-10-14-11-32-18-15(4-6-22-20(18)30-2)19-26-25-17(27(14)19)12-33(28,29)7-5-16-23-8-13(21)9-24-16/h4,6,8-9,14H,3,5,7,10-12H2,1-2H3/t14-/m0/s1. The van der Waals surface area contributed by atoms with E-state index in [4.69, 9.17) is 25.8 Å². The second-order valence-electron chi connectivity index (χ2n) is 7.29. The SMILES string of the molecule is CCOC[C@H]1COc2c(ccnc2OC)-c2nnc(CS(=O)(=O)CCc3ncc(Cl)cn3)n21. The lowest BCUT2D eigenvalue weighted by Crippen LogP contribution is -2.25. The Hall–Kier alpha value is -2.83. The molecule has 3 aromatic heterocycles. The van der Waals surface area contributed by atoms with Crippen molar-refractivity contribution in [1.29, 1.82) is 0 Å². The van der Waals surface area contributed by atoms with Crippen LogP contribution in [0.2, 0.25) is 5.02 Å². The van der Waals surface area contributed by atoms with Gasteiger partial charge in [0.1, 0.15) is 24.0 Å². The van der Waals surface area contributed by atoms with E-state index in [1.165, 1.54) is 19.5 Å². The number of ether oxygens (including phenoxy) is 3. The molecule has 0 aliphatic carbocycles. The molecule has 0 N–H and O–H groups in total. The van der Waals surface area contributed by atoms with Crippen molar-refractivity contribution in [2.24, 2.45) is 0 Å². The average molecular weight is 495 g/mol. The molecule has 1 aliphatic heterocycles. The van der Waals surface area contributed by atoms with Gasteiger partial charge in [-0.15, -0.1) is 10.2 Å². The number of hydrogen-bond acceptors (Lipinski definition) is 10. The molecule has 1 aliphatic rings. The highest BCUT2D eigenvalue weighted by atomic mass is 35.5. The number of halogens is 1. The molecule has 0 amide bonds. The fraction of sp³-hybridized carbons (Fsp3) is 0.450. The van der Waals surface area contributed by atoms with Gasteiger partial charge in [0, 0.05) is 31.6 Å². The summed E-state index contributed by atoms with van der Waals surface area (Å²) in [5.74, 6) is 1.49. The number of methoxy groups -OCH3 is 1. The van der Waals surface area contributed by atoms with Crippen LogP contribution in [-0.4, -0.2) is 70.8 Å². The summed E-state index contributed by atoms with van der Waals surface area (Å²) in [4.78, 5) is 12.3. The molecule has 13 heteroatoms. The van der Waals surface area contributed by atoms with Crippen LogP contribution in [0.1, 0.15) is 24.6 Å². The molecule has 0 fully saturated rings. The van der Waals surface area contributed by atoms with Crippen molar-refractivity contribution in [2.45, 2.75) is 25.1 Å². The van der Waals surface area contributed by atoms with Crippen LogP contribution in [0.4, 0.5) is 0 Å². The molecule has 4 rings (SSSR count). The van der Waals surface area contributed by atoms with Crippen molar-refractivity contribution in [3.8, 4) is 23.0 Å². The van der Waals surface area contributed by atoms with Crippen molar-refractivity contribution in [2.75, 3.05) is 32.7 Å². The molecule has 11 nitrogen and oxygen atoms in total. The van der Waals surface area contributed by atoms with E-state index in [1.54, 1.807) is 16.8 Å². The Morgan fingerprint density at radius 3 is 2.76 bits per heavy atom. The minimum absolute atomic E-state index is 0.141. The minimum Gasteiger partial charge on any atom is -0.485 e. The second kappa shape index (κ2) is 9.98. The van der Waals surface area contributed by atoms with Gasteiger partial charge in [-0.1, -0.05) is 11.6 Å². The van der Waals surface area contributed by atoms with Crippen LogP contribution < -0.4 is 9.47 Å². The lowest BCUT2D eigenvalue weighted by molar-refractivity contribution is 0.0914. The van der Waals surface area contributed by atoms with Crippen molar-refractivity contribution in [3.63, 3.8) is 0 Å². The van der Waals surface area contributed by atoms with Gasteiger partial charge in [-0.25, -0.2) is 23.4 Å². The van der Waals surface area contributed by atoms with Gasteiger partial charge in [-0.3, -0.25) is 0 Å². The van der Waals surface area contributed by atoms with E-state index in [-0.39, 0.29) is 30.6 Å². The summed E-state index contributed by atoms with van der Waals surface area (Å²) >= 11 is 5.79. The number of nitrogens with zero attached hydrogens (tertiary/aromatic N) is 6. The minimum atomic E-state index is -3.55. The van der Waals surface area contributed by atoms with Crippen LogP contribution in [0.15, 0.2) is 24.7 Å². The van der Waals surface area contributed by atoms with E-state index in [0.717, 1.165) is 0 Å². The van der Waals surface area contributed by atoms with E-state index in [2.05, 4.69) is 25.1 Å². The molecule has 33 heavy (non-hydrogen) atoms. The zero-order chi connectivity index (χ0) is 23.4. The van der Waals surface area contributed by atoms with E-state index in [9.17, 15) is 8.42 Å². The molecule has 0 saturated heterocycles. The summed E-state index contributed by atoms with van der Waals surface area (Å²) in [6.45, 7) is 2.90. The number of fused-ring (bicyclic) bond motifs is 3. The maximum absolute atomic E-state index is 12.9. The van der Waals surface area contributed by atoms with Gasteiger partial charge >= 0.3 is 0 Å². The van der Waals surface area contributed by atoms with E-state index >= 15 is 0 Å². The quantitative estimate of drug-likeness (QED) is 0.434. The van der Waals surface area contributed by atoms with Crippen molar-refractivity contribution in [1.82, 2.24) is 29.7 Å². The molecule has 0 spiro atoms. The highest BCUT2D eigenvalue weighted by molar-refractivity contribution is 7.90. The van der Waals surface area contributed by atoms with Gasteiger partial charge in [0.2, 0.25) is 0 Å². The molecule has 0 unspecified atom stereocenters. The Labute approximate surface area is 196 Å². The predicted molar refractivity (Wildman–Crippen MR) is 119 cm³/mol. The van der Waals surface area contributed by atoms with Crippen LogP contribution in [0.3, 0.4) is 0 Å². The van der Waals surface area contributed by atoms with Crippen LogP contribution in [0.5, 0.6) is 11.6 Å². The molecule has 0 bridgehead atoms. The topological polar surface area (TPSA) is 131 Å². The average Bonchev–Trinajstić information content (AvgIpc) is 3.13. The fourth-order valence-electron chi connectivity index (χ4n) is 3.49. The number of sulfone groups is 1. The summed E-state index contributed by atoms with van der Waals surface area (Å²) in [6.07, 6.45) is 4.62. The zero-order valence-corrected chi connectivity index (χ0v) is 19.7. The lowest BCUT2D eigenvalue weighted by atomic mass is 10.2. The van der Waals surface area contributed by atoms with Crippen molar-refractivity contribution < 1.29 is 22.6 Å². The van der Waals surface area contributed by atoms with E-state index in [1.807, 2.05) is 6.92 Å². The third kappa shape index (κ3) is 5.23. The summed E-state index contributed by atoms with van der Waals surface area (Å²) in [5.41, 5.74) is 0.617. The summed E-state index contributed by atoms with van der Waals surface area (Å²) in [7, 11) is -2.05. The summed E-state index contributed by atoms with van der Waals surface area (Å²) in [6, 6.07) is 1.40. The largest absolute Gasteiger partial charge is 0.485 e. The third-order valence-electron chi connectivity index (χ3n) is 5.03. The van der Waals surface area contributed by atoms with Crippen molar-refractivity contribution in [3.05, 3.63) is 41.3 Å². The van der Waals surface area contributed by atoms with Crippen molar-refractivity contribution >= 4 is 21.4 Å². The monoisotopic (exact) mass is 494 g/mol. The Kier molecular flexibility index (Phi) is 7.05. The highest BCUT2D eigenvalue weighted by Crippen LogP contribution is 2.39. The maximum Gasteiger partial charge on any atom is 0.257 e. The molecule has 0 saturated carbocycles.